The van der Waals surface area contributed by atoms with E-state index in [0.717, 1.165) is 10.5 Å². The molecule has 1 heterocycles. The van der Waals surface area contributed by atoms with Crippen molar-refractivity contribution in [3.8, 4) is 0 Å². The zero-order chi connectivity index (χ0) is 18.0. The summed E-state index contributed by atoms with van der Waals surface area (Å²) in [6.45, 7) is 0. The van der Waals surface area contributed by atoms with Gasteiger partial charge >= 0.3 is 6.09 Å². The summed E-state index contributed by atoms with van der Waals surface area (Å²) in [6, 6.07) is 9.08. The van der Waals surface area contributed by atoms with Gasteiger partial charge in [-0.3, -0.25) is 4.79 Å². The zero-order valence-electron chi connectivity index (χ0n) is 13.1. The standard InChI is InChI=1S/C17H14ClFN2O3S/c1-24-17(23)21-14-8-25-15-10(14)3-2-4-11(15)16(22)20-9-5-6-13(19)12(18)7-9/h2-7,14H,8H2,1H3,(H,20,22)(H,21,23). The van der Waals surface area contributed by atoms with Gasteiger partial charge in [0.2, 0.25) is 0 Å². The highest BCUT2D eigenvalue weighted by Gasteiger charge is 2.28. The Morgan fingerprint density at radius 2 is 2.12 bits per heavy atom. The first-order valence-electron chi connectivity index (χ1n) is 7.36. The normalized spacial score (nSPS) is 15.4. The van der Waals surface area contributed by atoms with Gasteiger partial charge in [-0.1, -0.05) is 23.7 Å². The number of nitrogens with one attached hydrogen (secondary N) is 2. The lowest BCUT2D eigenvalue weighted by molar-refractivity contribution is 0.102. The second-order valence-electron chi connectivity index (χ2n) is 5.31. The van der Waals surface area contributed by atoms with Gasteiger partial charge in [0.15, 0.2) is 0 Å². The number of rotatable bonds is 3. The number of hydrogen-bond acceptors (Lipinski definition) is 4. The monoisotopic (exact) mass is 380 g/mol. The number of fused-ring (bicyclic) bond motifs is 1. The minimum atomic E-state index is -0.549. The second kappa shape index (κ2) is 7.33. The van der Waals surface area contributed by atoms with E-state index in [-0.39, 0.29) is 17.0 Å². The minimum absolute atomic E-state index is 0.0622. The van der Waals surface area contributed by atoms with E-state index in [4.69, 9.17) is 11.6 Å². The van der Waals surface area contributed by atoms with E-state index in [1.165, 1.54) is 37.1 Å². The average Bonchev–Trinajstić information content (AvgIpc) is 3.01. The number of methoxy groups -OCH3 is 1. The third-order valence-electron chi connectivity index (χ3n) is 3.71. The summed E-state index contributed by atoms with van der Waals surface area (Å²) in [5.41, 5.74) is 1.75. The van der Waals surface area contributed by atoms with Gasteiger partial charge in [0.05, 0.1) is 23.7 Å². The van der Waals surface area contributed by atoms with Crippen LogP contribution in [0.5, 0.6) is 0 Å². The van der Waals surface area contributed by atoms with Crippen LogP contribution in [0.4, 0.5) is 14.9 Å². The first-order valence-corrected chi connectivity index (χ1v) is 8.72. The Labute approximate surface area is 152 Å². The molecule has 0 aromatic heterocycles. The number of carbonyl (C=O) groups is 2. The van der Waals surface area contributed by atoms with Crippen molar-refractivity contribution in [1.82, 2.24) is 5.32 Å². The van der Waals surface area contributed by atoms with E-state index in [9.17, 15) is 14.0 Å². The van der Waals surface area contributed by atoms with Gasteiger partial charge in [0.1, 0.15) is 5.82 Å². The first kappa shape index (κ1) is 17.6. The van der Waals surface area contributed by atoms with Crippen LogP contribution in [-0.2, 0) is 4.74 Å². The van der Waals surface area contributed by atoms with E-state index in [1.54, 1.807) is 12.1 Å². The number of halogens is 2. The van der Waals surface area contributed by atoms with Crippen molar-refractivity contribution in [3.05, 3.63) is 58.4 Å². The SMILES string of the molecule is COC(=O)NC1CSc2c(C(=O)Nc3ccc(F)c(Cl)c3)cccc21. The summed E-state index contributed by atoms with van der Waals surface area (Å²) >= 11 is 7.22. The maximum absolute atomic E-state index is 13.2. The van der Waals surface area contributed by atoms with Crippen molar-refractivity contribution in [1.29, 1.82) is 0 Å². The van der Waals surface area contributed by atoms with Gasteiger partial charge in [0, 0.05) is 16.3 Å². The summed E-state index contributed by atoms with van der Waals surface area (Å²) < 4.78 is 17.8. The molecule has 0 saturated heterocycles. The third kappa shape index (κ3) is 3.72. The molecule has 2 amide bonds. The van der Waals surface area contributed by atoms with Crippen LogP contribution in [0.3, 0.4) is 0 Å². The molecular weight excluding hydrogens is 367 g/mol. The van der Waals surface area contributed by atoms with Crippen LogP contribution < -0.4 is 10.6 Å². The van der Waals surface area contributed by atoms with Crippen molar-refractivity contribution in [2.45, 2.75) is 10.9 Å². The predicted octanol–water partition coefficient (Wildman–Crippen LogP) is 4.23. The van der Waals surface area contributed by atoms with E-state index in [2.05, 4.69) is 15.4 Å². The lowest BCUT2D eigenvalue weighted by Crippen LogP contribution is -2.28. The highest BCUT2D eigenvalue weighted by atomic mass is 35.5. The van der Waals surface area contributed by atoms with Crippen LogP contribution in [-0.4, -0.2) is 24.9 Å². The fraction of sp³-hybridized carbons (Fsp3) is 0.176. The maximum atomic E-state index is 13.2. The second-order valence-corrected chi connectivity index (χ2v) is 6.74. The molecule has 2 N–H and O–H groups in total. The summed E-state index contributed by atoms with van der Waals surface area (Å²) in [4.78, 5) is 24.8. The molecule has 8 heteroatoms. The van der Waals surface area contributed by atoms with Gasteiger partial charge in [0.25, 0.3) is 5.91 Å². The molecule has 1 aliphatic heterocycles. The molecular formula is C17H14ClFN2O3S. The van der Waals surface area contributed by atoms with Gasteiger partial charge in [-0.05, 0) is 29.8 Å². The molecule has 25 heavy (non-hydrogen) atoms. The Balaban J connectivity index is 1.82. The molecule has 1 aliphatic rings. The number of benzene rings is 2. The smallest absolute Gasteiger partial charge is 0.407 e. The molecule has 2 aromatic rings. The maximum Gasteiger partial charge on any atom is 0.407 e. The molecule has 1 atom stereocenters. The molecule has 0 radical (unpaired) electrons. The first-order chi connectivity index (χ1) is 12.0. The number of amides is 2. The molecule has 3 rings (SSSR count). The van der Waals surface area contributed by atoms with Crippen molar-refractivity contribution in [2.75, 3.05) is 18.2 Å². The quantitative estimate of drug-likeness (QED) is 0.836. The Hall–Kier alpha value is -2.25. The fourth-order valence-corrected chi connectivity index (χ4v) is 3.99. The molecule has 0 spiro atoms. The van der Waals surface area contributed by atoms with Crippen LogP contribution in [0.25, 0.3) is 0 Å². The number of carbonyl (C=O) groups excluding carboxylic acids is 2. The molecule has 0 aliphatic carbocycles. The summed E-state index contributed by atoms with van der Waals surface area (Å²) in [7, 11) is 1.30. The Bertz CT molecular complexity index is 847. The van der Waals surface area contributed by atoms with Crippen molar-refractivity contribution in [3.63, 3.8) is 0 Å². The van der Waals surface area contributed by atoms with Gasteiger partial charge in [-0.15, -0.1) is 11.8 Å². The third-order valence-corrected chi connectivity index (χ3v) is 5.25. The van der Waals surface area contributed by atoms with Crippen LogP contribution in [0.15, 0.2) is 41.3 Å². The molecule has 130 valence electrons. The summed E-state index contributed by atoms with van der Waals surface area (Å²) in [5.74, 6) is -0.268. The number of anilines is 1. The fourth-order valence-electron chi connectivity index (χ4n) is 2.52. The minimum Gasteiger partial charge on any atom is -0.453 e. The number of alkyl carbamates (subject to hydrolysis) is 1. The number of ether oxygens (including phenoxy) is 1. The Morgan fingerprint density at radius 1 is 1.32 bits per heavy atom. The largest absolute Gasteiger partial charge is 0.453 e. The lowest BCUT2D eigenvalue weighted by atomic mass is 10.0. The van der Waals surface area contributed by atoms with Crippen LogP contribution in [0, 0.1) is 5.82 Å². The molecule has 0 fully saturated rings. The Kier molecular flexibility index (Phi) is 5.15. The summed E-state index contributed by atoms with van der Waals surface area (Å²) in [5, 5.41) is 5.39. The number of thioether (sulfide) groups is 1. The van der Waals surface area contributed by atoms with E-state index < -0.39 is 11.9 Å². The molecule has 2 aromatic carbocycles. The topological polar surface area (TPSA) is 67.4 Å². The average molecular weight is 381 g/mol. The molecule has 0 bridgehead atoms. The van der Waals surface area contributed by atoms with Crippen molar-refractivity contribution in [2.24, 2.45) is 0 Å². The van der Waals surface area contributed by atoms with Crippen molar-refractivity contribution >= 4 is 41.1 Å². The molecule has 0 saturated carbocycles. The number of hydrogen-bond donors (Lipinski definition) is 2. The molecule has 5 nitrogen and oxygen atoms in total. The Morgan fingerprint density at radius 3 is 2.84 bits per heavy atom. The van der Waals surface area contributed by atoms with Gasteiger partial charge in [-0.2, -0.15) is 0 Å². The van der Waals surface area contributed by atoms with Crippen LogP contribution in [0.1, 0.15) is 22.0 Å². The van der Waals surface area contributed by atoms with E-state index >= 15 is 0 Å². The highest BCUT2D eigenvalue weighted by molar-refractivity contribution is 7.99. The van der Waals surface area contributed by atoms with Crippen molar-refractivity contribution < 1.29 is 18.7 Å². The highest BCUT2D eigenvalue weighted by Crippen LogP contribution is 2.40. The van der Waals surface area contributed by atoms with E-state index in [1.807, 2.05) is 6.07 Å². The van der Waals surface area contributed by atoms with Gasteiger partial charge < -0.3 is 15.4 Å². The van der Waals surface area contributed by atoms with Crippen LogP contribution in [0.2, 0.25) is 5.02 Å². The zero-order valence-corrected chi connectivity index (χ0v) is 14.7. The summed E-state index contributed by atoms with van der Waals surface area (Å²) in [6.07, 6.45) is -0.519. The molecule has 1 unspecified atom stereocenters. The van der Waals surface area contributed by atoms with Gasteiger partial charge in [-0.25, -0.2) is 9.18 Å². The predicted molar refractivity (Wildman–Crippen MR) is 94.8 cm³/mol. The van der Waals surface area contributed by atoms with Crippen LogP contribution >= 0.6 is 23.4 Å². The lowest BCUT2D eigenvalue weighted by Gasteiger charge is -2.13. The van der Waals surface area contributed by atoms with E-state index in [0.29, 0.717) is 17.0 Å².